The maximum absolute atomic E-state index is 12.1. The first-order valence-corrected chi connectivity index (χ1v) is 6.20. The van der Waals surface area contributed by atoms with E-state index in [2.05, 4.69) is 10.3 Å². The van der Waals surface area contributed by atoms with Crippen LogP contribution in [0.3, 0.4) is 0 Å². The van der Waals surface area contributed by atoms with Gasteiger partial charge in [-0.1, -0.05) is 0 Å². The smallest absolute Gasteiger partial charge is 0.289 e. The van der Waals surface area contributed by atoms with Gasteiger partial charge in [-0.2, -0.15) is 0 Å². The largest absolute Gasteiger partial charge is 0.436 e. The summed E-state index contributed by atoms with van der Waals surface area (Å²) in [6.45, 7) is 4.20. The van der Waals surface area contributed by atoms with Gasteiger partial charge in [0.25, 0.3) is 5.91 Å². The van der Waals surface area contributed by atoms with Crippen molar-refractivity contribution in [2.24, 2.45) is 11.7 Å². The minimum atomic E-state index is -0.262. The Hall–Kier alpha value is -1.40. The molecule has 0 spiro atoms. The third kappa shape index (κ3) is 1.64. The SMILES string of the molecule is Cc1nc(C)c(C(=O)NC2C(N)C3CCOC32)o1. The summed E-state index contributed by atoms with van der Waals surface area (Å²) in [4.78, 5) is 16.1. The van der Waals surface area contributed by atoms with Crippen LogP contribution in [0.25, 0.3) is 0 Å². The van der Waals surface area contributed by atoms with Crippen LogP contribution in [0.5, 0.6) is 0 Å². The molecule has 3 N–H and O–H groups in total. The molecule has 0 aromatic carbocycles. The Kier molecular flexibility index (Phi) is 2.64. The summed E-state index contributed by atoms with van der Waals surface area (Å²) < 4.78 is 10.9. The maximum Gasteiger partial charge on any atom is 0.289 e. The van der Waals surface area contributed by atoms with E-state index in [9.17, 15) is 4.79 Å². The summed E-state index contributed by atoms with van der Waals surface area (Å²) >= 11 is 0. The lowest BCUT2D eigenvalue weighted by Gasteiger charge is -2.45. The molecule has 1 aromatic heterocycles. The first-order chi connectivity index (χ1) is 8.58. The average molecular weight is 251 g/mol. The Morgan fingerprint density at radius 2 is 2.28 bits per heavy atom. The topological polar surface area (TPSA) is 90.4 Å². The molecule has 18 heavy (non-hydrogen) atoms. The molecule has 2 heterocycles. The molecular formula is C12H17N3O3. The van der Waals surface area contributed by atoms with Gasteiger partial charge < -0.3 is 20.2 Å². The molecule has 6 nitrogen and oxygen atoms in total. The molecule has 1 saturated carbocycles. The van der Waals surface area contributed by atoms with Crippen molar-refractivity contribution >= 4 is 5.91 Å². The molecule has 98 valence electrons. The predicted molar refractivity (Wildman–Crippen MR) is 63.1 cm³/mol. The first-order valence-electron chi connectivity index (χ1n) is 6.20. The number of aryl methyl sites for hydroxylation is 2. The van der Waals surface area contributed by atoms with Crippen molar-refractivity contribution in [1.82, 2.24) is 10.3 Å². The highest BCUT2D eigenvalue weighted by atomic mass is 16.5. The zero-order valence-corrected chi connectivity index (χ0v) is 10.5. The molecule has 1 aliphatic carbocycles. The van der Waals surface area contributed by atoms with E-state index in [1.807, 2.05) is 0 Å². The summed E-state index contributed by atoms with van der Waals surface area (Å²) in [7, 11) is 0. The number of carbonyl (C=O) groups is 1. The number of hydrogen-bond donors (Lipinski definition) is 2. The minimum absolute atomic E-state index is 0.0224. The summed E-state index contributed by atoms with van der Waals surface area (Å²) in [5, 5.41) is 2.89. The van der Waals surface area contributed by atoms with Gasteiger partial charge in [-0.3, -0.25) is 4.79 Å². The van der Waals surface area contributed by atoms with Crippen molar-refractivity contribution in [1.29, 1.82) is 0 Å². The first kappa shape index (κ1) is 11.7. The molecule has 2 aliphatic rings. The minimum Gasteiger partial charge on any atom is -0.436 e. The lowest BCUT2D eigenvalue weighted by atomic mass is 9.72. The standard InChI is InChI=1S/C12H17N3O3/c1-5-10(18-6(2)14-5)12(16)15-9-8(13)7-3-4-17-11(7)9/h7-9,11H,3-4,13H2,1-2H3,(H,15,16). The van der Waals surface area contributed by atoms with E-state index < -0.39 is 0 Å². The average Bonchev–Trinajstić information content (AvgIpc) is 2.89. The third-order valence-electron chi connectivity index (χ3n) is 3.85. The Bertz CT molecular complexity index is 485. The van der Waals surface area contributed by atoms with Crippen molar-refractivity contribution in [3.8, 4) is 0 Å². The number of amides is 1. The summed E-state index contributed by atoms with van der Waals surface area (Å²) in [6.07, 6.45) is 1.05. The van der Waals surface area contributed by atoms with E-state index in [4.69, 9.17) is 14.9 Å². The van der Waals surface area contributed by atoms with Gasteiger partial charge in [-0.25, -0.2) is 4.98 Å². The van der Waals surface area contributed by atoms with E-state index >= 15 is 0 Å². The van der Waals surface area contributed by atoms with E-state index in [1.54, 1.807) is 13.8 Å². The fourth-order valence-corrected chi connectivity index (χ4v) is 2.89. The highest BCUT2D eigenvalue weighted by Crippen LogP contribution is 2.37. The van der Waals surface area contributed by atoms with Crippen LogP contribution in [0.2, 0.25) is 0 Å². The normalized spacial score (nSPS) is 33.9. The van der Waals surface area contributed by atoms with Gasteiger partial charge in [0.2, 0.25) is 5.76 Å². The van der Waals surface area contributed by atoms with Crippen LogP contribution < -0.4 is 11.1 Å². The summed E-state index contributed by atoms with van der Waals surface area (Å²) in [5.41, 5.74) is 6.64. The van der Waals surface area contributed by atoms with Gasteiger partial charge >= 0.3 is 0 Å². The second kappa shape index (κ2) is 4.07. The van der Waals surface area contributed by atoms with Crippen molar-refractivity contribution < 1.29 is 13.9 Å². The van der Waals surface area contributed by atoms with Crippen molar-refractivity contribution in [2.75, 3.05) is 6.61 Å². The van der Waals surface area contributed by atoms with Gasteiger partial charge in [-0.15, -0.1) is 0 Å². The zero-order chi connectivity index (χ0) is 12.9. The predicted octanol–water partition coefficient (Wildman–Crippen LogP) is 0.136. The Morgan fingerprint density at radius 1 is 1.50 bits per heavy atom. The van der Waals surface area contributed by atoms with Crippen LogP contribution in [0.1, 0.15) is 28.6 Å². The molecular weight excluding hydrogens is 234 g/mol. The number of nitrogens with zero attached hydrogens (tertiary/aromatic N) is 1. The molecule has 1 amide bonds. The molecule has 6 heteroatoms. The highest BCUT2D eigenvalue weighted by molar-refractivity contribution is 5.92. The van der Waals surface area contributed by atoms with Crippen LogP contribution in [0.15, 0.2) is 4.42 Å². The van der Waals surface area contributed by atoms with Crippen LogP contribution >= 0.6 is 0 Å². The Labute approximate surface area is 105 Å². The molecule has 3 rings (SSSR count). The number of fused-ring (bicyclic) bond motifs is 1. The third-order valence-corrected chi connectivity index (χ3v) is 3.85. The molecule has 2 fully saturated rings. The zero-order valence-electron chi connectivity index (χ0n) is 10.5. The Morgan fingerprint density at radius 3 is 2.94 bits per heavy atom. The van der Waals surface area contributed by atoms with Crippen LogP contribution in [0.4, 0.5) is 0 Å². The van der Waals surface area contributed by atoms with Gasteiger partial charge in [0.15, 0.2) is 5.89 Å². The van der Waals surface area contributed by atoms with Crippen molar-refractivity contribution in [3.05, 3.63) is 17.3 Å². The number of rotatable bonds is 2. The van der Waals surface area contributed by atoms with Crippen LogP contribution in [-0.4, -0.2) is 35.7 Å². The quantitative estimate of drug-likeness (QED) is 0.780. The number of carbonyl (C=O) groups excluding carboxylic acids is 1. The molecule has 1 aliphatic heterocycles. The molecule has 0 radical (unpaired) electrons. The van der Waals surface area contributed by atoms with Crippen molar-refractivity contribution in [3.63, 3.8) is 0 Å². The van der Waals surface area contributed by atoms with Gasteiger partial charge in [-0.05, 0) is 13.3 Å². The monoisotopic (exact) mass is 251 g/mol. The molecule has 4 atom stereocenters. The number of nitrogens with two attached hydrogens (primary N) is 1. The van der Waals surface area contributed by atoms with Crippen LogP contribution in [-0.2, 0) is 4.74 Å². The van der Waals surface area contributed by atoms with E-state index in [0.717, 1.165) is 13.0 Å². The van der Waals surface area contributed by atoms with Gasteiger partial charge in [0, 0.05) is 25.5 Å². The second-order valence-electron chi connectivity index (χ2n) is 5.01. The molecule has 0 bridgehead atoms. The number of ether oxygens (including phenoxy) is 1. The van der Waals surface area contributed by atoms with Crippen LogP contribution in [0, 0.1) is 19.8 Å². The second-order valence-corrected chi connectivity index (χ2v) is 5.01. The molecule has 1 aromatic rings. The number of oxazole rings is 1. The summed E-state index contributed by atoms with van der Waals surface area (Å²) in [5.74, 6) is 0.877. The molecule has 4 unspecified atom stereocenters. The molecule has 1 saturated heterocycles. The van der Waals surface area contributed by atoms with E-state index in [1.165, 1.54) is 0 Å². The summed E-state index contributed by atoms with van der Waals surface area (Å²) in [6, 6.07) is -0.138. The number of hydrogen-bond acceptors (Lipinski definition) is 5. The number of aromatic nitrogens is 1. The Balaban J connectivity index is 1.70. The van der Waals surface area contributed by atoms with E-state index in [-0.39, 0.29) is 29.9 Å². The van der Waals surface area contributed by atoms with Crippen molar-refractivity contribution in [2.45, 2.75) is 38.5 Å². The highest BCUT2D eigenvalue weighted by Gasteiger charge is 2.52. The fourth-order valence-electron chi connectivity index (χ4n) is 2.89. The van der Waals surface area contributed by atoms with Gasteiger partial charge in [0.1, 0.15) is 0 Å². The number of nitrogens with one attached hydrogen (secondary N) is 1. The lowest BCUT2D eigenvalue weighted by molar-refractivity contribution is -0.0164. The lowest BCUT2D eigenvalue weighted by Crippen LogP contribution is -2.68. The fraction of sp³-hybridized carbons (Fsp3) is 0.667. The van der Waals surface area contributed by atoms with Gasteiger partial charge in [0.05, 0.1) is 17.8 Å². The maximum atomic E-state index is 12.1. The van der Waals surface area contributed by atoms with E-state index in [0.29, 0.717) is 17.5 Å².